The van der Waals surface area contributed by atoms with Gasteiger partial charge in [-0.2, -0.15) is 0 Å². The molecule has 12 nitrogen and oxygen atoms in total. The van der Waals surface area contributed by atoms with Crippen molar-refractivity contribution in [2.45, 2.75) is 76.8 Å². The summed E-state index contributed by atoms with van der Waals surface area (Å²) < 4.78 is 21.8. The Morgan fingerprint density at radius 3 is 2.77 bits per heavy atom. The molecule has 226 valence electrons. The SMILES string of the molecule is CC[C@@]1(O)C(=O)OCc2c1cc1n(c2=O)Cc2c-1nc1cc(F)c(C)c3c1c2[C@@H](NC(=O)C(N)CCCNC(N)=O)CC3. The standard InChI is InChI=1S/C30H33FN6O6/c1-3-30(42)17-9-22-25-15(11-37(22)27(39)16(17)12-43-28(30)40)24-20(36-26(38)19(32)5-4-8-34-29(33)41)7-6-14-13(2)18(31)10-21(35-25)23(14)24/h9-10,19-20,42H,3-8,11-12,32H2,1-2H3,(H,36,38)(H3,33,34,41)/t19?,20-,30-/m0/s1. The lowest BCUT2D eigenvalue weighted by atomic mass is 9.81. The molecule has 6 rings (SSSR count). The number of benzene rings is 1. The summed E-state index contributed by atoms with van der Waals surface area (Å²) in [6, 6.07) is 0.984. The lowest BCUT2D eigenvalue weighted by Crippen LogP contribution is -2.44. The van der Waals surface area contributed by atoms with E-state index >= 15 is 4.39 Å². The van der Waals surface area contributed by atoms with Crippen LogP contribution in [0.3, 0.4) is 0 Å². The van der Waals surface area contributed by atoms with Gasteiger partial charge in [0.05, 0.1) is 41.1 Å². The van der Waals surface area contributed by atoms with Crippen LogP contribution < -0.4 is 27.7 Å². The molecule has 0 bridgehead atoms. The van der Waals surface area contributed by atoms with Gasteiger partial charge < -0.3 is 36.5 Å². The van der Waals surface area contributed by atoms with Crippen molar-refractivity contribution in [2.24, 2.45) is 11.5 Å². The van der Waals surface area contributed by atoms with Gasteiger partial charge in [0.1, 0.15) is 12.4 Å². The van der Waals surface area contributed by atoms with E-state index in [2.05, 4.69) is 10.6 Å². The summed E-state index contributed by atoms with van der Waals surface area (Å²) in [5, 5.41) is 17.5. The molecule has 0 radical (unpaired) electrons. The van der Waals surface area contributed by atoms with E-state index in [0.29, 0.717) is 53.7 Å². The first-order valence-electron chi connectivity index (χ1n) is 14.4. The number of pyridine rings is 2. The number of esters is 1. The fourth-order valence-electron chi connectivity index (χ4n) is 6.64. The second-order valence-electron chi connectivity index (χ2n) is 11.5. The average molecular weight is 593 g/mol. The Morgan fingerprint density at radius 2 is 2.05 bits per heavy atom. The number of hydrogen-bond donors (Lipinski definition) is 5. The number of aliphatic hydroxyl groups is 1. The number of aromatic nitrogens is 2. The first-order chi connectivity index (χ1) is 20.5. The van der Waals surface area contributed by atoms with Crippen molar-refractivity contribution >= 4 is 28.8 Å². The smallest absolute Gasteiger partial charge is 0.343 e. The number of fused-ring (bicyclic) bond motifs is 5. The van der Waals surface area contributed by atoms with Crippen molar-refractivity contribution in [3.63, 3.8) is 0 Å². The second kappa shape index (κ2) is 10.4. The summed E-state index contributed by atoms with van der Waals surface area (Å²) in [4.78, 5) is 55.3. The van der Waals surface area contributed by atoms with Crippen LogP contribution in [0.15, 0.2) is 16.9 Å². The monoisotopic (exact) mass is 592 g/mol. The Kier molecular flexibility index (Phi) is 6.97. The van der Waals surface area contributed by atoms with Crippen molar-refractivity contribution in [3.05, 3.63) is 61.7 Å². The summed E-state index contributed by atoms with van der Waals surface area (Å²) in [6.07, 6.45) is 1.76. The van der Waals surface area contributed by atoms with E-state index in [0.717, 1.165) is 16.5 Å². The third kappa shape index (κ3) is 4.45. The topological polar surface area (TPSA) is 192 Å². The van der Waals surface area contributed by atoms with E-state index in [-0.39, 0.29) is 43.2 Å². The highest BCUT2D eigenvalue weighted by molar-refractivity contribution is 5.94. The summed E-state index contributed by atoms with van der Waals surface area (Å²) >= 11 is 0. The Hall–Kier alpha value is -4.36. The molecule has 3 atom stereocenters. The maximum absolute atomic E-state index is 15.1. The van der Waals surface area contributed by atoms with E-state index in [1.165, 1.54) is 10.6 Å². The number of urea groups is 1. The second-order valence-corrected chi connectivity index (χ2v) is 11.5. The molecule has 3 aliphatic rings. The minimum absolute atomic E-state index is 0.00574. The van der Waals surface area contributed by atoms with Gasteiger partial charge in [-0.1, -0.05) is 6.92 Å². The number of nitrogens with zero attached hydrogens (tertiary/aromatic N) is 2. The van der Waals surface area contributed by atoms with Crippen molar-refractivity contribution in [1.29, 1.82) is 0 Å². The van der Waals surface area contributed by atoms with Crippen LogP contribution in [0.25, 0.3) is 22.3 Å². The Balaban J connectivity index is 1.46. The third-order valence-corrected chi connectivity index (χ3v) is 9.02. The molecule has 0 saturated carbocycles. The van der Waals surface area contributed by atoms with Crippen LogP contribution in [0, 0.1) is 12.7 Å². The number of halogens is 1. The van der Waals surface area contributed by atoms with E-state index in [4.69, 9.17) is 21.2 Å². The molecule has 13 heteroatoms. The molecule has 3 amide bonds. The molecular formula is C30H33FN6O6. The predicted molar refractivity (Wildman–Crippen MR) is 153 cm³/mol. The molecule has 4 heterocycles. The maximum Gasteiger partial charge on any atom is 0.343 e. The molecule has 2 aromatic heterocycles. The molecule has 43 heavy (non-hydrogen) atoms. The highest BCUT2D eigenvalue weighted by Gasteiger charge is 2.46. The summed E-state index contributed by atoms with van der Waals surface area (Å²) in [6.45, 7) is 3.52. The third-order valence-electron chi connectivity index (χ3n) is 9.02. The molecule has 1 aliphatic carbocycles. The van der Waals surface area contributed by atoms with Gasteiger partial charge in [0, 0.05) is 29.1 Å². The van der Waals surface area contributed by atoms with Gasteiger partial charge in [-0.25, -0.2) is 19.0 Å². The van der Waals surface area contributed by atoms with E-state index in [9.17, 15) is 24.3 Å². The number of amides is 3. The zero-order chi connectivity index (χ0) is 30.8. The first-order valence-corrected chi connectivity index (χ1v) is 14.4. The minimum atomic E-state index is -1.98. The number of ether oxygens (including phenoxy) is 1. The summed E-state index contributed by atoms with van der Waals surface area (Å²) in [5.41, 5.74) is 13.2. The fraction of sp³-hybridized carbons (Fsp3) is 0.433. The quantitative estimate of drug-likeness (QED) is 0.157. The van der Waals surface area contributed by atoms with Crippen LogP contribution in [0.4, 0.5) is 9.18 Å². The lowest BCUT2D eigenvalue weighted by Gasteiger charge is -2.31. The molecule has 1 unspecified atom stereocenters. The van der Waals surface area contributed by atoms with Crippen molar-refractivity contribution < 1.29 is 28.6 Å². The van der Waals surface area contributed by atoms with Crippen molar-refractivity contribution in [1.82, 2.24) is 20.2 Å². The molecule has 0 saturated heterocycles. The Morgan fingerprint density at radius 1 is 1.28 bits per heavy atom. The minimum Gasteiger partial charge on any atom is -0.458 e. The molecule has 3 aromatic rings. The van der Waals surface area contributed by atoms with Gasteiger partial charge >= 0.3 is 12.0 Å². The highest BCUT2D eigenvalue weighted by Crippen LogP contribution is 2.45. The fourth-order valence-corrected chi connectivity index (χ4v) is 6.64. The maximum atomic E-state index is 15.1. The van der Waals surface area contributed by atoms with Crippen molar-refractivity contribution in [3.8, 4) is 11.4 Å². The predicted octanol–water partition coefficient (Wildman–Crippen LogP) is 1.41. The number of carbonyl (C=O) groups excluding carboxylic acids is 3. The Labute approximate surface area is 245 Å². The molecule has 0 spiro atoms. The Bertz CT molecular complexity index is 1790. The number of hydrogen-bond acceptors (Lipinski definition) is 8. The molecule has 7 N–H and O–H groups in total. The van der Waals surface area contributed by atoms with Crippen LogP contribution in [0.1, 0.15) is 72.0 Å². The van der Waals surface area contributed by atoms with Crippen LogP contribution in [0.2, 0.25) is 0 Å². The van der Waals surface area contributed by atoms with Crippen molar-refractivity contribution in [2.75, 3.05) is 6.54 Å². The molecule has 1 aromatic carbocycles. The van der Waals surface area contributed by atoms with Crippen LogP contribution in [0.5, 0.6) is 0 Å². The van der Waals surface area contributed by atoms with Gasteiger partial charge in [0.25, 0.3) is 5.56 Å². The number of primary amides is 1. The zero-order valence-electron chi connectivity index (χ0n) is 23.9. The summed E-state index contributed by atoms with van der Waals surface area (Å²) in [5.74, 6) is -1.60. The van der Waals surface area contributed by atoms with E-state index in [1.54, 1.807) is 19.9 Å². The largest absolute Gasteiger partial charge is 0.458 e. The van der Waals surface area contributed by atoms with Gasteiger partial charge in [-0.15, -0.1) is 0 Å². The number of nitrogens with one attached hydrogen (secondary N) is 2. The number of carbonyl (C=O) groups is 3. The normalized spacial score (nSPS) is 20.6. The number of cyclic esters (lactones) is 1. The zero-order valence-corrected chi connectivity index (χ0v) is 23.9. The molecular weight excluding hydrogens is 559 g/mol. The van der Waals surface area contributed by atoms with Gasteiger partial charge in [-0.05, 0) is 61.8 Å². The lowest BCUT2D eigenvalue weighted by molar-refractivity contribution is -0.172. The molecule has 0 fully saturated rings. The summed E-state index contributed by atoms with van der Waals surface area (Å²) in [7, 11) is 0. The van der Waals surface area contributed by atoms with Gasteiger partial charge in [0.15, 0.2) is 5.60 Å². The first kappa shape index (κ1) is 28.7. The van der Waals surface area contributed by atoms with Gasteiger partial charge in [-0.3, -0.25) is 9.59 Å². The highest BCUT2D eigenvalue weighted by atomic mass is 19.1. The van der Waals surface area contributed by atoms with Crippen LogP contribution in [-0.4, -0.2) is 45.2 Å². The average Bonchev–Trinajstić information content (AvgIpc) is 3.35. The van der Waals surface area contributed by atoms with E-state index in [1.807, 2.05) is 0 Å². The van der Waals surface area contributed by atoms with Gasteiger partial charge in [0.2, 0.25) is 5.91 Å². The van der Waals surface area contributed by atoms with E-state index < -0.39 is 41.1 Å². The molecule has 2 aliphatic heterocycles. The van der Waals surface area contributed by atoms with Crippen LogP contribution in [-0.2, 0) is 39.5 Å². The number of rotatable bonds is 7. The number of nitrogens with two attached hydrogens (primary N) is 2. The van der Waals surface area contributed by atoms with Crippen LogP contribution >= 0.6 is 0 Å². The number of aryl methyl sites for hydroxylation is 1.